The summed E-state index contributed by atoms with van der Waals surface area (Å²) in [6, 6.07) is 19.4. The maximum atomic E-state index is 13.4. The van der Waals surface area contributed by atoms with Crippen LogP contribution in [-0.2, 0) is 24.6 Å². The van der Waals surface area contributed by atoms with Crippen LogP contribution >= 0.6 is 0 Å². The van der Waals surface area contributed by atoms with Crippen molar-refractivity contribution in [3.05, 3.63) is 66.7 Å². The van der Waals surface area contributed by atoms with Gasteiger partial charge in [-0.15, -0.1) is 0 Å². The first-order chi connectivity index (χ1) is 20.0. The fraction of sp³-hybridized carbons (Fsp3) is 0.484. The Bertz CT molecular complexity index is 1600. The van der Waals surface area contributed by atoms with E-state index in [4.69, 9.17) is 9.47 Å². The molecule has 2 atom stereocenters. The number of ether oxygens (including phenoxy) is 2. The van der Waals surface area contributed by atoms with Crippen LogP contribution < -0.4 is 10.1 Å². The Kier molecular flexibility index (Phi) is 9.27. The summed E-state index contributed by atoms with van der Waals surface area (Å²) in [5.74, 6) is 0.473. The van der Waals surface area contributed by atoms with Crippen LogP contribution in [0.25, 0.3) is 10.8 Å². The maximum absolute atomic E-state index is 13.4. The van der Waals surface area contributed by atoms with E-state index >= 15 is 0 Å². The molecule has 2 aliphatic heterocycles. The van der Waals surface area contributed by atoms with Gasteiger partial charge in [-0.2, -0.15) is 4.31 Å². The van der Waals surface area contributed by atoms with Crippen LogP contribution in [0.4, 0.5) is 0 Å². The zero-order valence-electron chi connectivity index (χ0n) is 24.1. The number of hydrogen-bond acceptors (Lipinski definition) is 8. The van der Waals surface area contributed by atoms with Gasteiger partial charge >= 0.3 is 0 Å². The van der Waals surface area contributed by atoms with E-state index in [1.165, 1.54) is 6.07 Å². The van der Waals surface area contributed by atoms with Gasteiger partial charge in [-0.25, -0.2) is 16.8 Å². The first-order valence-electron chi connectivity index (χ1n) is 14.5. The average molecular weight is 617 g/mol. The predicted molar refractivity (Wildman–Crippen MR) is 162 cm³/mol. The summed E-state index contributed by atoms with van der Waals surface area (Å²) in [5, 5.41) is 15.8. The molecule has 1 spiro atoms. The Labute approximate surface area is 248 Å². The van der Waals surface area contributed by atoms with Crippen LogP contribution in [0.15, 0.2) is 76.5 Å². The molecule has 2 heterocycles. The minimum Gasteiger partial charge on any atom is -0.491 e. The SMILES string of the molecule is CC(C)CS(=O)(=O)c1cccc(OCC(O)CNC2COC3(CCN(S(=O)(=O)c4ccc5ccccc5c4)CC3)C2)c1. The van der Waals surface area contributed by atoms with Crippen LogP contribution in [0.1, 0.15) is 33.1 Å². The number of aliphatic hydroxyl groups excluding tert-OH is 1. The summed E-state index contributed by atoms with van der Waals surface area (Å²) in [6.07, 6.45) is 1.16. The molecule has 0 bridgehead atoms. The molecule has 228 valence electrons. The highest BCUT2D eigenvalue weighted by Gasteiger charge is 2.44. The Morgan fingerprint density at radius 3 is 2.45 bits per heavy atom. The van der Waals surface area contributed by atoms with Crippen molar-refractivity contribution in [3.63, 3.8) is 0 Å². The molecule has 9 nitrogen and oxygen atoms in total. The van der Waals surface area contributed by atoms with Crippen molar-refractivity contribution in [2.24, 2.45) is 5.92 Å². The Morgan fingerprint density at radius 1 is 0.976 bits per heavy atom. The fourth-order valence-corrected chi connectivity index (χ4v) is 8.91. The van der Waals surface area contributed by atoms with Crippen molar-refractivity contribution in [3.8, 4) is 5.75 Å². The van der Waals surface area contributed by atoms with Crippen molar-refractivity contribution in [1.82, 2.24) is 9.62 Å². The van der Waals surface area contributed by atoms with E-state index in [-0.39, 0.29) is 41.4 Å². The topological polar surface area (TPSA) is 122 Å². The third kappa shape index (κ3) is 7.15. The van der Waals surface area contributed by atoms with E-state index in [0.717, 1.165) is 17.2 Å². The van der Waals surface area contributed by atoms with Gasteiger partial charge in [-0.3, -0.25) is 0 Å². The monoisotopic (exact) mass is 616 g/mol. The van der Waals surface area contributed by atoms with E-state index < -0.39 is 26.0 Å². The van der Waals surface area contributed by atoms with E-state index in [1.807, 2.05) is 44.2 Å². The van der Waals surface area contributed by atoms with Gasteiger partial charge in [0.1, 0.15) is 18.5 Å². The highest BCUT2D eigenvalue weighted by atomic mass is 32.2. The third-order valence-corrected chi connectivity index (χ3v) is 12.0. The second-order valence-electron chi connectivity index (χ2n) is 11.8. The highest BCUT2D eigenvalue weighted by molar-refractivity contribution is 7.91. The summed E-state index contributed by atoms with van der Waals surface area (Å²) in [6.45, 7) is 5.30. The second kappa shape index (κ2) is 12.6. The standard InChI is InChI=1S/C31H40N2O7S2/c1-23(2)22-41(35,36)29-9-5-8-28(17-29)39-21-27(34)19-32-26-18-31(40-20-26)12-14-33(15-13-31)42(37,38)30-11-10-24-6-3-4-7-25(24)16-30/h3-11,16-17,23,26-27,32,34H,12-15,18-22H2,1-2H3. The van der Waals surface area contributed by atoms with Crippen LogP contribution in [-0.4, -0.2) is 82.6 Å². The molecule has 42 heavy (non-hydrogen) atoms. The summed E-state index contributed by atoms with van der Waals surface area (Å²) < 4.78 is 65.2. The minimum absolute atomic E-state index is 0.0149. The fourth-order valence-electron chi connectivity index (χ4n) is 5.78. The van der Waals surface area contributed by atoms with Crippen LogP contribution in [0.5, 0.6) is 5.75 Å². The van der Waals surface area contributed by atoms with Gasteiger partial charge < -0.3 is 19.9 Å². The molecule has 0 saturated carbocycles. The summed E-state index contributed by atoms with van der Waals surface area (Å²) in [7, 11) is -6.99. The first-order valence-corrected chi connectivity index (χ1v) is 17.6. The number of aliphatic hydroxyl groups is 1. The van der Waals surface area contributed by atoms with Gasteiger partial charge in [0, 0.05) is 25.7 Å². The number of sulfonamides is 1. The highest BCUT2D eigenvalue weighted by Crippen LogP contribution is 2.37. The summed E-state index contributed by atoms with van der Waals surface area (Å²) in [5.41, 5.74) is -0.379. The van der Waals surface area contributed by atoms with Gasteiger partial charge in [0.15, 0.2) is 9.84 Å². The number of rotatable bonds is 11. The average Bonchev–Trinajstić information content (AvgIpc) is 3.36. The molecular formula is C31H40N2O7S2. The van der Waals surface area contributed by atoms with E-state index in [9.17, 15) is 21.9 Å². The van der Waals surface area contributed by atoms with Gasteiger partial charge in [0.25, 0.3) is 0 Å². The molecule has 2 aliphatic rings. The smallest absolute Gasteiger partial charge is 0.243 e. The lowest BCUT2D eigenvalue weighted by atomic mass is 9.88. The molecule has 11 heteroatoms. The normalized spacial score (nSPS) is 20.3. The molecule has 0 aromatic heterocycles. The molecule has 2 fully saturated rings. The lowest BCUT2D eigenvalue weighted by Gasteiger charge is -2.38. The van der Waals surface area contributed by atoms with Crippen molar-refractivity contribution in [2.45, 2.75) is 60.6 Å². The molecule has 0 amide bonds. The van der Waals surface area contributed by atoms with Crippen molar-refractivity contribution in [1.29, 1.82) is 0 Å². The van der Waals surface area contributed by atoms with Crippen LogP contribution in [0.3, 0.4) is 0 Å². The van der Waals surface area contributed by atoms with Crippen molar-refractivity contribution >= 4 is 30.6 Å². The number of nitrogens with zero attached hydrogens (tertiary/aromatic N) is 1. The molecule has 5 rings (SSSR count). The van der Waals surface area contributed by atoms with E-state index in [2.05, 4.69) is 5.32 Å². The molecule has 2 unspecified atom stereocenters. The summed E-state index contributed by atoms with van der Waals surface area (Å²) >= 11 is 0. The lowest BCUT2D eigenvalue weighted by Crippen LogP contribution is -2.47. The number of fused-ring (bicyclic) bond motifs is 1. The Morgan fingerprint density at radius 2 is 1.71 bits per heavy atom. The molecule has 3 aromatic carbocycles. The molecule has 0 radical (unpaired) electrons. The number of nitrogens with one attached hydrogen (secondary N) is 1. The second-order valence-corrected chi connectivity index (χ2v) is 15.8. The number of sulfone groups is 1. The Hall–Kier alpha value is -2.54. The molecule has 3 aromatic rings. The van der Waals surface area contributed by atoms with Crippen molar-refractivity contribution in [2.75, 3.05) is 38.6 Å². The quantitative estimate of drug-likeness (QED) is 0.335. The maximum Gasteiger partial charge on any atom is 0.243 e. The van der Waals surface area contributed by atoms with Crippen molar-refractivity contribution < 1.29 is 31.4 Å². The van der Waals surface area contributed by atoms with Crippen LogP contribution in [0, 0.1) is 5.92 Å². The molecule has 2 N–H and O–H groups in total. The Balaban J connectivity index is 1.08. The van der Waals surface area contributed by atoms with Gasteiger partial charge in [-0.05, 0) is 66.3 Å². The number of piperidine rings is 1. The zero-order chi connectivity index (χ0) is 30.0. The molecular weight excluding hydrogens is 576 g/mol. The molecule has 0 aliphatic carbocycles. The minimum atomic E-state index is -3.60. The van der Waals surface area contributed by atoms with Crippen LogP contribution in [0.2, 0.25) is 0 Å². The van der Waals surface area contributed by atoms with Gasteiger partial charge in [-0.1, -0.05) is 50.2 Å². The first kappa shape index (κ1) is 30.9. The van der Waals surface area contributed by atoms with Gasteiger partial charge in [0.05, 0.1) is 27.8 Å². The van der Waals surface area contributed by atoms with Gasteiger partial charge in [0.2, 0.25) is 10.0 Å². The molecule has 2 saturated heterocycles. The third-order valence-electron chi connectivity index (χ3n) is 8.00. The zero-order valence-corrected chi connectivity index (χ0v) is 25.7. The number of hydrogen-bond donors (Lipinski definition) is 2. The van der Waals surface area contributed by atoms with E-state index in [1.54, 1.807) is 34.6 Å². The number of benzene rings is 3. The largest absolute Gasteiger partial charge is 0.491 e. The summed E-state index contributed by atoms with van der Waals surface area (Å²) in [4.78, 5) is 0.523. The van der Waals surface area contributed by atoms with E-state index in [0.29, 0.717) is 43.2 Å². The predicted octanol–water partition coefficient (Wildman–Crippen LogP) is 3.61. The lowest BCUT2D eigenvalue weighted by molar-refractivity contribution is -0.0312.